The van der Waals surface area contributed by atoms with Gasteiger partial charge in [0, 0.05) is 36.0 Å². The number of pyridine rings is 1. The summed E-state index contributed by atoms with van der Waals surface area (Å²) in [5.74, 6) is 0. The molecule has 0 spiro atoms. The third-order valence-electron chi connectivity index (χ3n) is 4.18. The molecule has 1 N–H and O–H groups in total. The zero-order valence-corrected chi connectivity index (χ0v) is 13.2. The fourth-order valence-electron chi connectivity index (χ4n) is 3.06. The molecule has 3 aromatic rings. The van der Waals surface area contributed by atoms with Crippen LogP contribution in [0.25, 0.3) is 16.6 Å². The first-order valence-corrected chi connectivity index (χ1v) is 7.83. The second-order valence-electron chi connectivity index (χ2n) is 5.69. The van der Waals surface area contributed by atoms with Crippen molar-refractivity contribution in [2.24, 2.45) is 4.99 Å². The van der Waals surface area contributed by atoms with E-state index in [0.717, 1.165) is 0 Å². The number of nitrogens with one attached hydrogen (secondary N) is 1. The van der Waals surface area contributed by atoms with Crippen LogP contribution in [0.15, 0.2) is 58.3 Å². The number of nitrogens with zero attached hydrogens (tertiary/aromatic N) is 3. The quantitative estimate of drug-likeness (QED) is 0.576. The first kappa shape index (κ1) is 15.1. The zero-order valence-electron chi connectivity index (χ0n) is 13.2. The van der Waals surface area contributed by atoms with Crippen LogP contribution in [-0.2, 0) is 0 Å². The standard InChI is InChI=1S/C18H14N4O3/c23-18-15-11-19-8-9-20-17(15)14-10-13(22(24)25)6-7-16(14)21(18)12-4-2-1-3-5-12/h1-7,10-11,20H,8-9H2. The van der Waals surface area contributed by atoms with Gasteiger partial charge in [-0.1, -0.05) is 18.2 Å². The van der Waals surface area contributed by atoms with E-state index >= 15 is 0 Å². The number of aliphatic imine (C=N–C) groups is 1. The Bertz CT molecular complexity index is 1070. The summed E-state index contributed by atoms with van der Waals surface area (Å²) < 4.78 is 1.57. The molecule has 2 heterocycles. The smallest absolute Gasteiger partial charge is 0.270 e. The van der Waals surface area contributed by atoms with Gasteiger partial charge in [-0.15, -0.1) is 0 Å². The van der Waals surface area contributed by atoms with Crippen LogP contribution in [0.4, 0.5) is 11.4 Å². The number of benzene rings is 2. The van der Waals surface area contributed by atoms with E-state index in [2.05, 4.69) is 10.3 Å². The minimum atomic E-state index is -0.436. The SMILES string of the molecule is O=c1c2c(c3cc([N+](=O)[O-])ccc3n1-c1ccccc1)NCCN=C2. The van der Waals surface area contributed by atoms with Crippen LogP contribution in [0.5, 0.6) is 0 Å². The second-order valence-corrected chi connectivity index (χ2v) is 5.69. The summed E-state index contributed by atoms with van der Waals surface area (Å²) in [6.45, 7) is 1.10. The summed E-state index contributed by atoms with van der Waals surface area (Å²) in [6.07, 6.45) is 1.55. The van der Waals surface area contributed by atoms with Crippen molar-refractivity contribution in [3.63, 3.8) is 0 Å². The van der Waals surface area contributed by atoms with Gasteiger partial charge in [0.05, 0.1) is 28.2 Å². The van der Waals surface area contributed by atoms with Crippen molar-refractivity contribution < 1.29 is 4.92 Å². The van der Waals surface area contributed by atoms with Crippen LogP contribution in [0, 0.1) is 10.1 Å². The molecule has 0 radical (unpaired) electrons. The molecule has 4 rings (SSSR count). The van der Waals surface area contributed by atoms with Crippen LogP contribution in [0.2, 0.25) is 0 Å². The number of non-ortho nitro benzene ring substituents is 1. The van der Waals surface area contributed by atoms with Gasteiger partial charge in [0.15, 0.2) is 0 Å². The van der Waals surface area contributed by atoms with E-state index in [1.807, 2.05) is 30.3 Å². The van der Waals surface area contributed by atoms with E-state index in [9.17, 15) is 14.9 Å². The second kappa shape index (κ2) is 5.86. The van der Waals surface area contributed by atoms with E-state index in [-0.39, 0.29) is 11.2 Å². The maximum absolute atomic E-state index is 13.1. The molecule has 0 saturated carbocycles. The van der Waals surface area contributed by atoms with E-state index < -0.39 is 4.92 Å². The minimum absolute atomic E-state index is 0.0176. The summed E-state index contributed by atoms with van der Waals surface area (Å²) in [4.78, 5) is 28.1. The number of rotatable bonds is 2. The van der Waals surface area contributed by atoms with Gasteiger partial charge in [0.2, 0.25) is 0 Å². The van der Waals surface area contributed by atoms with Crippen molar-refractivity contribution in [2.75, 3.05) is 18.4 Å². The molecular weight excluding hydrogens is 320 g/mol. The van der Waals surface area contributed by atoms with Gasteiger partial charge in [-0.3, -0.25) is 24.5 Å². The number of hydrogen-bond acceptors (Lipinski definition) is 5. The lowest BCUT2D eigenvalue weighted by Crippen LogP contribution is -2.24. The number of anilines is 1. The van der Waals surface area contributed by atoms with Gasteiger partial charge < -0.3 is 5.32 Å². The van der Waals surface area contributed by atoms with Crippen molar-refractivity contribution in [1.82, 2.24) is 4.57 Å². The minimum Gasteiger partial charge on any atom is -0.382 e. The van der Waals surface area contributed by atoms with Gasteiger partial charge >= 0.3 is 0 Å². The highest BCUT2D eigenvalue weighted by molar-refractivity contribution is 6.03. The molecule has 0 saturated heterocycles. The van der Waals surface area contributed by atoms with Crippen molar-refractivity contribution in [3.05, 3.63) is 74.6 Å². The number of fused-ring (bicyclic) bond motifs is 3. The highest BCUT2D eigenvalue weighted by Gasteiger charge is 2.20. The van der Waals surface area contributed by atoms with E-state index in [1.54, 1.807) is 16.8 Å². The van der Waals surface area contributed by atoms with Crippen LogP contribution >= 0.6 is 0 Å². The van der Waals surface area contributed by atoms with Crippen LogP contribution in [0.1, 0.15) is 5.56 Å². The largest absolute Gasteiger partial charge is 0.382 e. The Morgan fingerprint density at radius 3 is 2.72 bits per heavy atom. The molecule has 124 valence electrons. The van der Waals surface area contributed by atoms with Crippen molar-refractivity contribution in [3.8, 4) is 5.69 Å². The lowest BCUT2D eigenvalue weighted by atomic mass is 10.1. The van der Waals surface area contributed by atoms with E-state index in [4.69, 9.17) is 0 Å². The fourth-order valence-corrected chi connectivity index (χ4v) is 3.06. The number of para-hydroxylation sites is 1. The van der Waals surface area contributed by atoms with Gasteiger partial charge in [-0.25, -0.2) is 0 Å². The molecule has 7 nitrogen and oxygen atoms in total. The van der Waals surface area contributed by atoms with Crippen LogP contribution < -0.4 is 10.9 Å². The number of nitro benzene ring substituents is 1. The lowest BCUT2D eigenvalue weighted by molar-refractivity contribution is -0.384. The summed E-state index contributed by atoms with van der Waals surface area (Å²) in [6, 6.07) is 13.7. The van der Waals surface area contributed by atoms with Crippen LogP contribution in [0.3, 0.4) is 0 Å². The number of aromatic nitrogens is 1. The third kappa shape index (κ3) is 2.46. The molecule has 0 aliphatic carbocycles. The highest BCUT2D eigenvalue weighted by atomic mass is 16.6. The first-order chi connectivity index (χ1) is 12.2. The first-order valence-electron chi connectivity index (χ1n) is 7.83. The molecule has 1 aliphatic rings. The van der Waals surface area contributed by atoms with E-state index in [0.29, 0.717) is 40.9 Å². The average molecular weight is 334 g/mol. The Kier molecular flexibility index (Phi) is 3.53. The predicted molar refractivity (Wildman–Crippen MR) is 97.2 cm³/mol. The molecule has 7 heteroatoms. The Balaban J connectivity index is 2.16. The fraction of sp³-hybridized carbons (Fsp3) is 0.111. The molecule has 1 aromatic heterocycles. The Hall–Kier alpha value is -3.48. The molecule has 25 heavy (non-hydrogen) atoms. The lowest BCUT2D eigenvalue weighted by Gasteiger charge is -2.16. The molecule has 0 bridgehead atoms. The van der Waals surface area contributed by atoms with Crippen molar-refractivity contribution in [2.45, 2.75) is 0 Å². The summed E-state index contributed by atoms with van der Waals surface area (Å²) in [5, 5.41) is 15.0. The normalized spacial score (nSPS) is 13.1. The molecule has 0 fully saturated rings. The molecule has 0 unspecified atom stereocenters. The predicted octanol–water partition coefficient (Wildman–Crippen LogP) is 2.74. The Labute approximate surface area is 142 Å². The van der Waals surface area contributed by atoms with Crippen LogP contribution in [-0.4, -0.2) is 28.8 Å². The molecule has 0 amide bonds. The molecular formula is C18H14N4O3. The summed E-state index contributed by atoms with van der Waals surface area (Å²) >= 11 is 0. The molecule has 0 atom stereocenters. The van der Waals surface area contributed by atoms with Gasteiger partial charge in [-0.2, -0.15) is 0 Å². The third-order valence-corrected chi connectivity index (χ3v) is 4.18. The van der Waals surface area contributed by atoms with Crippen molar-refractivity contribution in [1.29, 1.82) is 0 Å². The maximum atomic E-state index is 13.1. The van der Waals surface area contributed by atoms with Gasteiger partial charge in [0.1, 0.15) is 0 Å². The summed E-state index contributed by atoms with van der Waals surface area (Å²) in [5.41, 5.74) is 2.10. The van der Waals surface area contributed by atoms with Gasteiger partial charge in [-0.05, 0) is 18.2 Å². The highest BCUT2D eigenvalue weighted by Crippen LogP contribution is 2.30. The maximum Gasteiger partial charge on any atom is 0.270 e. The molecule has 2 aromatic carbocycles. The van der Waals surface area contributed by atoms with Crippen molar-refractivity contribution >= 4 is 28.5 Å². The monoisotopic (exact) mass is 334 g/mol. The summed E-state index contributed by atoms with van der Waals surface area (Å²) in [7, 11) is 0. The van der Waals surface area contributed by atoms with Gasteiger partial charge in [0.25, 0.3) is 11.2 Å². The number of hydrogen-bond donors (Lipinski definition) is 1. The zero-order chi connectivity index (χ0) is 17.4. The molecule has 1 aliphatic heterocycles. The van der Waals surface area contributed by atoms with E-state index in [1.165, 1.54) is 12.1 Å². The topological polar surface area (TPSA) is 89.5 Å². The Morgan fingerprint density at radius 1 is 1.16 bits per heavy atom. The Morgan fingerprint density at radius 2 is 1.96 bits per heavy atom. The average Bonchev–Trinajstić information content (AvgIpc) is 2.89. The number of nitro groups is 1.